The number of nitro benzene ring substituents is 1. The number of amides is 1. The fourth-order valence-electron chi connectivity index (χ4n) is 7.84. The molecule has 0 fully saturated rings. The minimum Gasteiger partial charge on any atom is -0.377 e. The number of rotatable bonds is 22. The largest absolute Gasteiger partial charge is 0.377 e. The number of carbonyl (C=O) groups excluding carboxylic acids is 1. The van der Waals surface area contributed by atoms with E-state index in [0.29, 0.717) is 71.9 Å². The Hall–Kier alpha value is -5.38. The number of nitrogens with one attached hydrogen (secondary N) is 1. The molecule has 0 aliphatic carbocycles. The number of nitro groups is 1. The molecule has 2 N–H and O–H groups in total. The zero-order valence-corrected chi connectivity index (χ0v) is 35.9. The molecule has 5 rings (SSSR count). The second-order valence-corrected chi connectivity index (χ2v) is 17.5. The van der Waals surface area contributed by atoms with Gasteiger partial charge in [-0.25, -0.2) is 0 Å². The summed E-state index contributed by atoms with van der Waals surface area (Å²) < 4.78 is 48.3. The fraction of sp³-hybridized carbons (Fsp3) is 0.455. The van der Waals surface area contributed by atoms with Crippen molar-refractivity contribution in [3.8, 4) is 0 Å². The molecule has 0 aromatic heterocycles. The molecule has 0 saturated heterocycles. The Bertz CT molecular complexity index is 2300. The molecule has 0 spiro atoms. The van der Waals surface area contributed by atoms with Gasteiger partial charge in [-0.05, 0) is 93.1 Å². The third-order valence-corrected chi connectivity index (χ3v) is 11.9. The summed E-state index contributed by atoms with van der Waals surface area (Å²) in [6.45, 7) is 14.2. The molecule has 0 atom stereocenters. The van der Waals surface area contributed by atoms with Crippen LogP contribution < -0.4 is 10.2 Å². The van der Waals surface area contributed by atoms with Crippen LogP contribution in [-0.2, 0) is 41.8 Å². The minimum absolute atomic E-state index is 0.0387. The van der Waals surface area contributed by atoms with Crippen molar-refractivity contribution in [2.45, 2.75) is 89.1 Å². The molecule has 0 saturated carbocycles. The molecule has 0 radical (unpaired) electrons. The number of anilines is 1. The van der Waals surface area contributed by atoms with E-state index in [0.717, 1.165) is 46.8 Å². The molecule has 16 heteroatoms. The third kappa shape index (κ3) is 11.3. The van der Waals surface area contributed by atoms with E-state index in [9.17, 15) is 27.9 Å². The molecule has 60 heavy (non-hydrogen) atoms. The Balaban J connectivity index is 1.30. The SMILES string of the molecule is Cc1ccc2c(c1)C(C)(C)C(=CC=CC1=[N+](CCCCCC(=O)NCCCN=[N+]=[N-])c3ccc(S(=O)(=O)O)cc3C1(C)C)N2CCOCCOCc1ccc([N+](=O)[O-])cc1. The lowest BCUT2D eigenvalue weighted by Crippen LogP contribution is -2.29. The summed E-state index contributed by atoms with van der Waals surface area (Å²) in [4.78, 5) is 27.7. The molecule has 0 unspecified atom stereocenters. The number of unbranched alkanes of at least 4 members (excludes halogenated alkanes) is 2. The molecular formula is C44H56N7O8S+. The predicted octanol–water partition coefficient (Wildman–Crippen LogP) is 8.37. The number of ether oxygens (including phenoxy) is 2. The van der Waals surface area contributed by atoms with E-state index in [1.165, 1.54) is 29.3 Å². The fourth-order valence-corrected chi connectivity index (χ4v) is 8.35. The van der Waals surface area contributed by atoms with Crippen molar-refractivity contribution in [1.29, 1.82) is 0 Å². The van der Waals surface area contributed by atoms with Gasteiger partial charge in [0.25, 0.3) is 15.8 Å². The Labute approximate surface area is 352 Å². The highest BCUT2D eigenvalue weighted by Gasteiger charge is 2.45. The number of aryl methyl sites for hydroxylation is 1. The molecule has 1 amide bonds. The smallest absolute Gasteiger partial charge is 0.294 e. The molecule has 0 bridgehead atoms. The maximum Gasteiger partial charge on any atom is 0.294 e. The zero-order valence-electron chi connectivity index (χ0n) is 35.1. The number of allylic oxidation sites excluding steroid dienone is 4. The molecule has 2 aliphatic rings. The normalized spacial score (nSPS) is 16.0. The number of nitrogens with zero attached hydrogens (tertiary/aromatic N) is 6. The molecule has 3 aromatic rings. The lowest BCUT2D eigenvalue weighted by atomic mass is 9.81. The Morgan fingerprint density at radius 3 is 2.45 bits per heavy atom. The number of hydrogen-bond acceptors (Lipinski definition) is 9. The van der Waals surface area contributed by atoms with Crippen LogP contribution in [0, 0.1) is 17.0 Å². The molecule has 2 heterocycles. The van der Waals surface area contributed by atoms with Crippen LogP contribution in [-0.4, -0.2) is 80.1 Å². The number of benzene rings is 3. The molecule has 15 nitrogen and oxygen atoms in total. The first-order chi connectivity index (χ1) is 28.5. The van der Waals surface area contributed by atoms with Gasteiger partial charge >= 0.3 is 0 Å². The van der Waals surface area contributed by atoms with Gasteiger partial charge in [-0.2, -0.15) is 13.0 Å². The van der Waals surface area contributed by atoms with E-state index in [1.807, 2.05) is 0 Å². The number of azide groups is 1. The standard InChI is InChI=1S/C44H55N7O8S/c1-32-14-20-38-36(29-32)43(2,3)41(50(38)25-26-58-27-28-59-31-33-15-17-34(18-16-33)51(53)54)12-9-11-40-44(4,5)37-30-35(60(55,56)57)19-21-39(37)49(40)24-8-6-7-13-42(52)46-22-10-23-47-48-45/h9,11-12,14-21,29-30H,6-8,10,13,22-28,31H2,1-5H3,(H-,46,52,55,56,57)/p+1. The van der Waals surface area contributed by atoms with E-state index in [1.54, 1.807) is 24.3 Å². The maximum absolute atomic E-state index is 12.3. The average Bonchev–Trinajstić information content (AvgIpc) is 3.54. The Morgan fingerprint density at radius 2 is 1.73 bits per heavy atom. The van der Waals surface area contributed by atoms with Gasteiger partial charge in [0.2, 0.25) is 11.6 Å². The van der Waals surface area contributed by atoms with Crippen LogP contribution in [0.4, 0.5) is 17.1 Å². The first kappa shape index (κ1) is 45.7. The Kier molecular flexibility index (Phi) is 15.4. The first-order valence-electron chi connectivity index (χ1n) is 20.3. The van der Waals surface area contributed by atoms with Crippen LogP contribution >= 0.6 is 0 Å². The van der Waals surface area contributed by atoms with Crippen LogP contribution in [0.15, 0.2) is 94.6 Å². The van der Waals surface area contributed by atoms with Gasteiger partial charge < -0.3 is 19.7 Å². The van der Waals surface area contributed by atoms with E-state index in [4.69, 9.17) is 15.0 Å². The zero-order chi connectivity index (χ0) is 43.5. The van der Waals surface area contributed by atoms with Gasteiger partial charge in [0.1, 0.15) is 6.54 Å². The van der Waals surface area contributed by atoms with Gasteiger partial charge in [-0.1, -0.05) is 42.7 Å². The second-order valence-electron chi connectivity index (χ2n) is 16.1. The van der Waals surface area contributed by atoms with Crippen molar-refractivity contribution in [3.63, 3.8) is 0 Å². The van der Waals surface area contributed by atoms with Crippen LogP contribution in [0.2, 0.25) is 0 Å². The van der Waals surface area contributed by atoms with Crippen molar-refractivity contribution < 1.29 is 36.7 Å². The van der Waals surface area contributed by atoms with E-state index >= 15 is 0 Å². The second kappa shape index (κ2) is 20.3. The predicted molar refractivity (Wildman–Crippen MR) is 232 cm³/mol. The van der Waals surface area contributed by atoms with Gasteiger partial charge in [0.05, 0.1) is 41.7 Å². The summed E-state index contributed by atoms with van der Waals surface area (Å²) in [5.41, 5.74) is 15.6. The van der Waals surface area contributed by atoms with Gasteiger partial charge in [0.15, 0.2) is 5.71 Å². The van der Waals surface area contributed by atoms with Crippen molar-refractivity contribution in [2.75, 3.05) is 50.9 Å². The highest BCUT2D eigenvalue weighted by molar-refractivity contribution is 7.85. The van der Waals surface area contributed by atoms with E-state index in [-0.39, 0.29) is 21.9 Å². The average molecular weight is 843 g/mol. The van der Waals surface area contributed by atoms with Crippen LogP contribution in [0.25, 0.3) is 10.4 Å². The molecule has 2 aliphatic heterocycles. The highest BCUT2D eigenvalue weighted by atomic mass is 32.2. The van der Waals surface area contributed by atoms with Gasteiger partial charge in [0, 0.05) is 84.0 Å². The number of carbonyl (C=O) groups is 1. The summed E-state index contributed by atoms with van der Waals surface area (Å²) in [6.07, 6.45) is 9.56. The molecular weight excluding hydrogens is 787 g/mol. The van der Waals surface area contributed by atoms with Gasteiger partial charge in [-0.15, -0.1) is 0 Å². The van der Waals surface area contributed by atoms with Crippen molar-refractivity contribution in [2.24, 2.45) is 5.11 Å². The number of non-ortho nitro benzene ring substituents is 1. The van der Waals surface area contributed by atoms with Gasteiger partial charge in [-0.3, -0.25) is 19.5 Å². The number of fused-ring (bicyclic) bond motifs is 2. The Morgan fingerprint density at radius 1 is 0.983 bits per heavy atom. The summed E-state index contributed by atoms with van der Waals surface area (Å²) in [5.74, 6) is -0.0387. The monoisotopic (exact) mass is 842 g/mol. The van der Waals surface area contributed by atoms with E-state index < -0.39 is 20.5 Å². The van der Waals surface area contributed by atoms with E-state index in [2.05, 4.69) is 95.9 Å². The summed E-state index contributed by atoms with van der Waals surface area (Å²) >= 11 is 0. The first-order valence-corrected chi connectivity index (χ1v) is 21.7. The lowest BCUT2D eigenvalue weighted by molar-refractivity contribution is -0.438. The van der Waals surface area contributed by atoms with Crippen LogP contribution in [0.1, 0.15) is 82.1 Å². The highest BCUT2D eigenvalue weighted by Crippen LogP contribution is 2.48. The minimum atomic E-state index is -4.42. The number of hydrogen-bond donors (Lipinski definition) is 2. The topological polar surface area (TPSA) is 200 Å². The van der Waals surface area contributed by atoms with Crippen molar-refractivity contribution >= 4 is 38.8 Å². The van der Waals surface area contributed by atoms with Crippen LogP contribution in [0.5, 0.6) is 0 Å². The summed E-state index contributed by atoms with van der Waals surface area (Å²) in [5, 5.41) is 17.3. The van der Waals surface area contributed by atoms with Crippen molar-refractivity contribution in [1.82, 2.24) is 5.32 Å². The van der Waals surface area contributed by atoms with Crippen LogP contribution in [0.3, 0.4) is 0 Å². The maximum atomic E-state index is 12.3. The third-order valence-electron chi connectivity index (χ3n) is 11.1. The molecule has 320 valence electrons. The quantitative estimate of drug-likeness (QED) is 0.0146. The lowest BCUT2D eigenvalue weighted by Gasteiger charge is -2.27. The summed E-state index contributed by atoms with van der Waals surface area (Å²) in [6, 6.07) is 17.5. The summed E-state index contributed by atoms with van der Waals surface area (Å²) in [7, 11) is -4.42. The molecule has 3 aromatic carbocycles. The van der Waals surface area contributed by atoms with Crippen molar-refractivity contribution in [3.05, 3.63) is 127 Å².